The summed E-state index contributed by atoms with van der Waals surface area (Å²) in [5.74, 6) is 1.45. The second-order valence-electron chi connectivity index (χ2n) is 5.24. The van der Waals surface area contributed by atoms with Gasteiger partial charge in [-0.15, -0.1) is 5.10 Å². The average molecular weight is 361 g/mol. The first-order valence-electron chi connectivity index (χ1n) is 7.54. The van der Waals surface area contributed by atoms with Crippen LogP contribution in [0.25, 0.3) is 5.78 Å². The van der Waals surface area contributed by atoms with E-state index in [9.17, 15) is 0 Å². The highest BCUT2D eigenvalue weighted by molar-refractivity contribution is 6.30. The van der Waals surface area contributed by atoms with Crippen LogP contribution in [-0.2, 0) is 4.84 Å². The number of aromatic nitrogens is 4. The summed E-state index contributed by atoms with van der Waals surface area (Å²) in [7, 11) is 1.49. The second kappa shape index (κ2) is 7.45. The van der Waals surface area contributed by atoms with E-state index in [2.05, 4.69) is 30.4 Å². The molecule has 0 bridgehead atoms. The molecule has 8 nitrogen and oxygen atoms in total. The van der Waals surface area contributed by atoms with Crippen molar-refractivity contribution >= 4 is 29.7 Å². The lowest BCUT2D eigenvalue weighted by Crippen LogP contribution is -2.10. The Labute approximate surface area is 149 Å². The van der Waals surface area contributed by atoms with Crippen molar-refractivity contribution in [3.05, 3.63) is 46.7 Å². The van der Waals surface area contributed by atoms with Crippen molar-refractivity contribution in [3.8, 4) is 5.75 Å². The largest absolute Gasteiger partial charge is 0.484 e. The summed E-state index contributed by atoms with van der Waals surface area (Å²) in [4.78, 5) is 17.2. The van der Waals surface area contributed by atoms with Crippen molar-refractivity contribution in [2.45, 2.75) is 20.0 Å². The average Bonchev–Trinajstić information content (AvgIpc) is 3.00. The zero-order valence-electron chi connectivity index (χ0n) is 14.0. The van der Waals surface area contributed by atoms with Gasteiger partial charge in [0.1, 0.15) is 18.2 Å². The Morgan fingerprint density at radius 3 is 2.96 bits per heavy atom. The van der Waals surface area contributed by atoms with Gasteiger partial charge in [-0.2, -0.15) is 14.5 Å². The summed E-state index contributed by atoms with van der Waals surface area (Å²) >= 11 is 5.99. The van der Waals surface area contributed by atoms with E-state index in [0.29, 0.717) is 10.8 Å². The summed E-state index contributed by atoms with van der Waals surface area (Å²) in [5.41, 5.74) is 4.24. The van der Waals surface area contributed by atoms with Gasteiger partial charge in [-0.25, -0.2) is 4.98 Å². The molecule has 2 heterocycles. The quantitative estimate of drug-likeness (QED) is 0.413. The van der Waals surface area contributed by atoms with Gasteiger partial charge in [0, 0.05) is 11.2 Å². The van der Waals surface area contributed by atoms with E-state index in [1.165, 1.54) is 13.4 Å². The Kier molecular flexibility index (Phi) is 5.11. The molecule has 0 fully saturated rings. The van der Waals surface area contributed by atoms with Gasteiger partial charge in [0.05, 0.1) is 12.8 Å². The fraction of sp³-hybridized carbons (Fsp3) is 0.250. The van der Waals surface area contributed by atoms with Crippen molar-refractivity contribution in [2.24, 2.45) is 4.99 Å². The molecular weight excluding hydrogens is 344 g/mol. The number of aliphatic imine (C=N–C) groups is 1. The van der Waals surface area contributed by atoms with Crippen LogP contribution in [0.4, 0.5) is 5.95 Å². The predicted octanol–water partition coefficient (Wildman–Crippen LogP) is 3.04. The third kappa shape index (κ3) is 3.86. The fourth-order valence-corrected chi connectivity index (χ4v) is 2.52. The predicted molar refractivity (Wildman–Crippen MR) is 94.3 cm³/mol. The molecule has 0 spiro atoms. The molecule has 0 unspecified atom stereocenters. The molecule has 0 saturated carbocycles. The normalized spacial score (nSPS) is 12.6. The number of fused-ring (bicyclic) bond motifs is 1. The monoisotopic (exact) mass is 360 g/mol. The number of hydrogen-bond acceptors (Lipinski definition) is 6. The molecule has 3 rings (SSSR count). The van der Waals surface area contributed by atoms with Gasteiger partial charge in [0.15, 0.2) is 0 Å². The number of hydrogen-bond donors (Lipinski definition) is 1. The molecule has 0 saturated heterocycles. The molecule has 0 aliphatic rings. The van der Waals surface area contributed by atoms with Crippen molar-refractivity contribution in [1.29, 1.82) is 0 Å². The molecular formula is C16H17ClN6O2. The van der Waals surface area contributed by atoms with E-state index in [1.54, 1.807) is 16.8 Å². The van der Waals surface area contributed by atoms with Gasteiger partial charge in [0.25, 0.3) is 11.7 Å². The lowest BCUT2D eigenvalue weighted by molar-refractivity contribution is 0.148. The highest BCUT2D eigenvalue weighted by atomic mass is 35.5. The maximum Gasteiger partial charge on any atom is 0.272 e. The molecule has 0 radical (unpaired) electrons. The third-order valence-corrected chi connectivity index (χ3v) is 3.70. The molecule has 0 aliphatic heterocycles. The summed E-state index contributed by atoms with van der Waals surface area (Å²) in [6.07, 6.45) is 2.74. The van der Waals surface area contributed by atoms with Crippen LogP contribution in [0, 0.1) is 6.92 Å². The SMILES string of the molecule is CONC=Nc1nc2nccc([C@@H](C)Oc3ccc(Cl)cc3C)n2n1. The van der Waals surface area contributed by atoms with Crippen LogP contribution in [0.5, 0.6) is 5.75 Å². The number of benzene rings is 1. The van der Waals surface area contributed by atoms with Crippen LogP contribution in [0.3, 0.4) is 0 Å². The number of ether oxygens (including phenoxy) is 1. The molecule has 3 aromatic rings. The Bertz CT molecular complexity index is 911. The van der Waals surface area contributed by atoms with Crippen LogP contribution in [0.1, 0.15) is 24.3 Å². The van der Waals surface area contributed by atoms with Crippen LogP contribution in [0.15, 0.2) is 35.5 Å². The van der Waals surface area contributed by atoms with Gasteiger partial charge in [0.2, 0.25) is 0 Å². The number of rotatable bonds is 6. The van der Waals surface area contributed by atoms with Gasteiger partial charge < -0.3 is 4.74 Å². The summed E-state index contributed by atoms with van der Waals surface area (Å²) in [6, 6.07) is 7.33. The molecule has 1 atom stereocenters. The summed E-state index contributed by atoms with van der Waals surface area (Å²) in [5, 5.41) is 5.01. The standard InChI is InChI=1S/C16H17ClN6O2/c1-10-8-12(17)4-5-14(10)25-11(2)13-6-7-18-16-21-15(22-23(13)16)19-9-20-24-3/h4-9,11H,1-3H3,(H,19,20,22)/t11-/m1/s1. The lowest BCUT2D eigenvalue weighted by atomic mass is 10.2. The summed E-state index contributed by atoms with van der Waals surface area (Å²) < 4.78 is 7.66. The Morgan fingerprint density at radius 1 is 1.36 bits per heavy atom. The molecule has 25 heavy (non-hydrogen) atoms. The van der Waals surface area contributed by atoms with E-state index in [0.717, 1.165) is 17.0 Å². The van der Waals surface area contributed by atoms with Crippen molar-refractivity contribution in [1.82, 2.24) is 25.1 Å². The van der Waals surface area contributed by atoms with Crippen molar-refractivity contribution in [2.75, 3.05) is 7.11 Å². The number of nitrogens with one attached hydrogen (secondary N) is 1. The van der Waals surface area contributed by atoms with Crippen LogP contribution in [0.2, 0.25) is 5.02 Å². The van der Waals surface area contributed by atoms with Crippen LogP contribution >= 0.6 is 11.6 Å². The maximum atomic E-state index is 6.06. The first-order valence-corrected chi connectivity index (χ1v) is 7.92. The highest BCUT2D eigenvalue weighted by Gasteiger charge is 2.15. The Hall–Kier alpha value is -2.71. The molecule has 1 N–H and O–H groups in total. The topological polar surface area (TPSA) is 85.9 Å². The fourth-order valence-electron chi connectivity index (χ4n) is 2.30. The maximum absolute atomic E-state index is 6.06. The smallest absolute Gasteiger partial charge is 0.272 e. The number of hydroxylamine groups is 1. The first-order chi connectivity index (χ1) is 12.1. The minimum absolute atomic E-state index is 0.263. The highest BCUT2D eigenvalue weighted by Crippen LogP contribution is 2.27. The van der Waals surface area contributed by atoms with Crippen LogP contribution in [-0.4, -0.2) is 33.0 Å². The summed E-state index contributed by atoms with van der Waals surface area (Å²) in [6.45, 7) is 3.88. The van der Waals surface area contributed by atoms with E-state index >= 15 is 0 Å². The lowest BCUT2D eigenvalue weighted by Gasteiger charge is -2.17. The van der Waals surface area contributed by atoms with E-state index in [1.807, 2.05) is 32.0 Å². The molecule has 0 amide bonds. The minimum atomic E-state index is -0.277. The van der Waals surface area contributed by atoms with E-state index in [4.69, 9.17) is 16.3 Å². The third-order valence-electron chi connectivity index (χ3n) is 3.47. The van der Waals surface area contributed by atoms with Gasteiger partial charge in [-0.05, 0) is 43.7 Å². The van der Waals surface area contributed by atoms with Crippen molar-refractivity contribution < 1.29 is 9.57 Å². The Balaban J connectivity index is 1.89. The Morgan fingerprint density at radius 2 is 2.20 bits per heavy atom. The van der Waals surface area contributed by atoms with Crippen molar-refractivity contribution in [3.63, 3.8) is 0 Å². The molecule has 9 heteroatoms. The zero-order chi connectivity index (χ0) is 17.8. The molecule has 130 valence electrons. The van der Waals surface area contributed by atoms with E-state index in [-0.39, 0.29) is 12.1 Å². The molecule has 0 aliphatic carbocycles. The minimum Gasteiger partial charge on any atom is -0.484 e. The first kappa shape index (κ1) is 17.1. The van der Waals surface area contributed by atoms with Gasteiger partial charge in [-0.3, -0.25) is 10.3 Å². The molecule has 1 aromatic carbocycles. The van der Waals surface area contributed by atoms with Crippen LogP contribution < -0.4 is 10.2 Å². The van der Waals surface area contributed by atoms with Gasteiger partial charge in [-0.1, -0.05) is 11.6 Å². The van der Waals surface area contributed by atoms with Gasteiger partial charge >= 0.3 is 0 Å². The number of nitrogens with zero attached hydrogens (tertiary/aromatic N) is 5. The molecule has 2 aromatic heterocycles. The second-order valence-corrected chi connectivity index (χ2v) is 5.68. The zero-order valence-corrected chi connectivity index (χ0v) is 14.7. The van der Waals surface area contributed by atoms with E-state index < -0.39 is 0 Å². The number of aryl methyl sites for hydroxylation is 1. The number of halogens is 1.